The van der Waals surface area contributed by atoms with E-state index in [9.17, 15) is 13.2 Å². The van der Waals surface area contributed by atoms with Crippen molar-refractivity contribution in [1.29, 1.82) is 0 Å². The molecule has 2 nitrogen and oxygen atoms in total. The second-order valence-corrected chi connectivity index (χ2v) is 3.75. The second-order valence-electron chi connectivity index (χ2n) is 3.75. The van der Waals surface area contributed by atoms with E-state index in [0.717, 1.165) is 10.9 Å². The lowest BCUT2D eigenvalue weighted by Gasteiger charge is -2.14. The molecule has 0 saturated heterocycles. The third-order valence-electron chi connectivity index (χ3n) is 2.46. The first-order valence-electron chi connectivity index (χ1n) is 4.85. The van der Waals surface area contributed by atoms with Crippen LogP contribution in [0, 0.1) is 0 Å². The molecule has 0 radical (unpaired) electrons. The summed E-state index contributed by atoms with van der Waals surface area (Å²) >= 11 is 0. The largest absolute Gasteiger partial charge is 0.390 e. The minimum atomic E-state index is -4.23. The number of fused-ring (bicyclic) bond motifs is 1. The number of hydrogen-bond donors (Lipinski definition) is 2. The maximum atomic E-state index is 12.2. The summed E-state index contributed by atoms with van der Waals surface area (Å²) in [5, 5.41) is 0.961. The summed E-state index contributed by atoms with van der Waals surface area (Å²) in [5.74, 6) is 0. The zero-order valence-corrected chi connectivity index (χ0v) is 9.61. The Morgan fingerprint density at radius 2 is 1.94 bits per heavy atom. The van der Waals surface area contributed by atoms with Gasteiger partial charge in [0.25, 0.3) is 0 Å². The van der Waals surface area contributed by atoms with Crippen LogP contribution in [0.25, 0.3) is 10.9 Å². The molecule has 0 aliphatic rings. The predicted molar refractivity (Wildman–Crippen MR) is 63.1 cm³/mol. The lowest BCUT2D eigenvalue weighted by Crippen LogP contribution is -2.20. The van der Waals surface area contributed by atoms with Crippen LogP contribution in [0.3, 0.4) is 0 Å². The van der Waals surface area contributed by atoms with E-state index in [0.29, 0.717) is 5.56 Å². The van der Waals surface area contributed by atoms with Gasteiger partial charge in [0.15, 0.2) is 0 Å². The topological polar surface area (TPSA) is 41.8 Å². The number of nitrogens with one attached hydrogen (secondary N) is 1. The molecule has 0 unspecified atom stereocenters. The van der Waals surface area contributed by atoms with E-state index in [4.69, 9.17) is 5.73 Å². The van der Waals surface area contributed by atoms with E-state index >= 15 is 0 Å². The van der Waals surface area contributed by atoms with E-state index in [-0.39, 0.29) is 12.4 Å². The maximum Gasteiger partial charge on any atom is 0.390 e. The fourth-order valence-corrected chi connectivity index (χ4v) is 1.66. The molecule has 0 fully saturated rings. The molecular formula is C11H12ClF3N2. The molecule has 2 rings (SSSR count). The average Bonchev–Trinajstić information content (AvgIpc) is 2.61. The Morgan fingerprint density at radius 3 is 2.59 bits per heavy atom. The number of alkyl halides is 3. The van der Waals surface area contributed by atoms with Crippen molar-refractivity contribution in [1.82, 2.24) is 4.98 Å². The molecule has 0 saturated carbocycles. The molecule has 1 aromatic heterocycles. The monoisotopic (exact) mass is 264 g/mol. The zero-order chi connectivity index (χ0) is 11.8. The number of benzene rings is 1. The highest BCUT2D eigenvalue weighted by molar-refractivity contribution is 5.85. The molecular weight excluding hydrogens is 253 g/mol. The smallest absolute Gasteiger partial charge is 0.361 e. The fourth-order valence-electron chi connectivity index (χ4n) is 1.66. The first kappa shape index (κ1) is 13.9. The number of H-pyrrole nitrogens is 1. The van der Waals surface area contributed by atoms with E-state index in [2.05, 4.69) is 4.98 Å². The summed E-state index contributed by atoms with van der Waals surface area (Å²) in [6.07, 6.45) is -3.49. The van der Waals surface area contributed by atoms with E-state index in [1.54, 1.807) is 24.4 Å². The number of rotatable bonds is 2. The Balaban J connectivity index is 0.00000144. The Labute approximate surface area is 102 Å². The first-order valence-corrected chi connectivity index (χ1v) is 4.85. The van der Waals surface area contributed by atoms with Crippen LogP contribution in [0.1, 0.15) is 18.0 Å². The SMILES string of the molecule is Cl.N[C@H](CC(F)(F)F)c1ccc2cc[nH]c2c1. The van der Waals surface area contributed by atoms with Crippen LogP contribution >= 0.6 is 12.4 Å². The average molecular weight is 265 g/mol. The van der Waals surface area contributed by atoms with Gasteiger partial charge < -0.3 is 10.7 Å². The molecule has 0 bridgehead atoms. The minimum Gasteiger partial charge on any atom is -0.361 e. The molecule has 0 aliphatic carbocycles. The van der Waals surface area contributed by atoms with Gasteiger partial charge in [-0.05, 0) is 23.1 Å². The molecule has 3 N–H and O–H groups in total. The van der Waals surface area contributed by atoms with Crippen LogP contribution in [0.15, 0.2) is 30.5 Å². The molecule has 17 heavy (non-hydrogen) atoms. The predicted octanol–water partition coefficient (Wildman–Crippen LogP) is 3.54. The van der Waals surface area contributed by atoms with E-state index < -0.39 is 18.6 Å². The van der Waals surface area contributed by atoms with Crippen LogP contribution in [0.2, 0.25) is 0 Å². The Kier molecular flexibility index (Phi) is 4.06. The van der Waals surface area contributed by atoms with Crippen molar-refractivity contribution in [2.24, 2.45) is 5.73 Å². The van der Waals surface area contributed by atoms with Gasteiger partial charge in [0.05, 0.1) is 6.42 Å². The molecule has 1 heterocycles. The third-order valence-corrected chi connectivity index (χ3v) is 2.46. The molecule has 6 heteroatoms. The summed E-state index contributed by atoms with van der Waals surface area (Å²) in [6, 6.07) is 5.90. The molecule has 0 spiro atoms. The van der Waals surface area contributed by atoms with Crippen LogP contribution in [0.5, 0.6) is 0 Å². The number of aromatic amines is 1. The quantitative estimate of drug-likeness (QED) is 0.856. The first-order chi connectivity index (χ1) is 7.46. The molecule has 94 valence electrons. The van der Waals surface area contributed by atoms with Crippen molar-refractivity contribution in [2.75, 3.05) is 0 Å². The van der Waals surface area contributed by atoms with Crippen LogP contribution < -0.4 is 5.73 Å². The zero-order valence-electron chi connectivity index (χ0n) is 8.79. The molecule has 0 amide bonds. The summed E-state index contributed by atoms with van der Waals surface area (Å²) < 4.78 is 36.5. The van der Waals surface area contributed by atoms with E-state index in [1.165, 1.54) is 0 Å². The fraction of sp³-hybridized carbons (Fsp3) is 0.273. The van der Waals surface area contributed by atoms with Gasteiger partial charge in [0.2, 0.25) is 0 Å². The van der Waals surface area contributed by atoms with Crippen molar-refractivity contribution >= 4 is 23.3 Å². The highest BCUT2D eigenvalue weighted by Gasteiger charge is 2.30. The minimum absolute atomic E-state index is 0. The lowest BCUT2D eigenvalue weighted by molar-refractivity contribution is -0.138. The summed E-state index contributed by atoms with van der Waals surface area (Å²) in [5.41, 5.74) is 6.80. The molecule has 2 aromatic rings. The highest BCUT2D eigenvalue weighted by atomic mass is 35.5. The van der Waals surface area contributed by atoms with Crippen molar-refractivity contribution in [3.63, 3.8) is 0 Å². The van der Waals surface area contributed by atoms with Crippen LogP contribution in [-0.2, 0) is 0 Å². The van der Waals surface area contributed by atoms with Gasteiger partial charge in [-0.2, -0.15) is 13.2 Å². The summed E-state index contributed by atoms with van der Waals surface area (Å²) in [4.78, 5) is 2.94. The van der Waals surface area contributed by atoms with Gasteiger partial charge in [0.1, 0.15) is 0 Å². The van der Waals surface area contributed by atoms with Crippen LogP contribution in [0.4, 0.5) is 13.2 Å². The second kappa shape index (κ2) is 4.98. The van der Waals surface area contributed by atoms with Gasteiger partial charge in [0, 0.05) is 17.8 Å². The number of aromatic nitrogens is 1. The Morgan fingerprint density at radius 1 is 1.24 bits per heavy atom. The van der Waals surface area contributed by atoms with Gasteiger partial charge in [-0.15, -0.1) is 12.4 Å². The Bertz CT molecular complexity index is 493. The highest BCUT2D eigenvalue weighted by Crippen LogP contribution is 2.29. The number of halogens is 4. The lowest BCUT2D eigenvalue weighted by atomic mass is 10.0. The van der Waals surface area contributed by atoms with Crippen molar-refractivity contribution in [3.8, 4) is 0 Å². The maximum absolute atomic E-state index is 12.2. The van der Waals surface area contributed by atoms with Crippen molar-refractivity contribution in [2.45, 2.75) is 18.6 Å². The summed E-state index contributed by atoms with van der Waals surface area (Å²) in [7, 11) is 0. The Hall–Kier alpha value is -1.20. The number of nitrogens with two attached hydrogens (primary N) is 1. The molecule has 1 aromatic carbocycles. The standard InChI is InChI=1S/C11H11F3N2.ClH/c12-11(13,14)6-9(15)8-2-1-7-3-4-16-10(7)5-8;/h1-5,9,16H,6,15H2;1H/t9-;/m1./s1. The number of hydrogen-bond acceptors (Lipinski definition) is 1. The van der Waals surface area contributed by atoms with Crippen LogP contribution in [-0.4, -0.2) is 11.2 Å². The van der Waals surface area contributed by atoms with Gasteiger partial charge >= 0.3 is 6.18 Å². The normalized spacial score (nSPS) is 13.4. The third kappa shape index (κ3) is 3.38. The molecule has 0 aliphatic heterocycles. The molecule has 1 atom stereocenters. The van der Waals surface area contributed by atoms with Crippen molar-refractivity contribution < 1.29 is 13.2 Å². The summed E-state index contributed by atoms with van der Waals surface area (Å²) in [6.45, 7) is 0. The van der Waals surface area contributed by atoms with Gasteiger partial charge in [-0.25, -0.2) is 0 Å². The van der Waals surface area contributed by atoms with Gasteiger partial charge in [-0.3, -0.25) is 0 Å². The van der Waals surface area contributed by atoms with Crippen molar-refractivity contribution in [3.05, 3.63) is 36.0 Å². The van der Waals surface area contributed by atoms with E-state index in [1.807, 2.05) is 6.07 Å². The van der Waals surface area contributed by atoms with Gasteiger partial charge in [-0.1, -0.05) is 12.1 Å².